The summed E-state index contributed by atoms with van der Waals surface area (Å²) in [4.78, 5) is 27.6. The number of carbonyl (C=O) groups excluding carboxylic acids is 2. The highest BCUT2D eigenvalue weighted by molar-refractivity contribution is 6.46. The van der Waals surface area contributed by atoms with E-state index in [2.05, 4.69) is 0 Å². The number of Topliss-reactive ketones (excluding diaryl/α,β-unsaturated/α-hetero) is 1. The van der Waals surface area contributed by atoms with Gasteiger partial charge in [0.05, 0.1) is 18.2 Å². The van der Waals surface area contributed by atoms with Gasteiger partial charge >= 0.3 is 0 Å². The van der Waals surface area contributed by atoms with Gasteiger partial charge in [0.25, 0.3) is 11.7 Å². The number of fused-ring (bicyclic) bond motifs is 1. The third-order valence-electron chi connectivity index (χ3n) is 6.27. The van der Waals surface area contributed by atoms with Crippen LogP contribution in [-0.4, -0.2) is 34.8 Å². The van der Waals surface area contributed by atoms with E-state index in [0.29, 0.717) is 30.9 Å². The maximum Gasteiger partial charge on any atom is 0.295 e. The molecular formula is C27H31NO4. The van der Waals surface area contributed by atoms with Crippen molar-refractivity contribution < 1.29 is 19.4 Å². The Morgan fingerprint density at radius 2 is 1.81 bits per heavy atom. The summed E-state index contributed by atoms with van der Waals surface area (Å²) in [7, 11) is 0. The molecule has 1 amide bonds. The molecule has 2 aliphatic rings. The van der Waals surface area contributed by atoms with Crippen molar-refractivity contribution in [1.29, 1.82) is 0 Å². The molecule has 0 spiro atoms. The number of ether oxygens (including phenoxy) is 1. The predicted molar refractivity (Wildman–Crippen MR) is 125 cm³/mol. The monoisotopic (exact) mass is 433 g/mol. The van der Waals surface area contributed by atoms with Gasteiger partial charge in [0.15, 0.2) is 0 Å². The number of amides is 1. The maximum atomic E-state index is 13.1. The molecule has 1 aliphatic carbocycles. The summed E-state index contributed by atoms with van der Waals surface area (Å²) < 4.78 is 5.78. The number of carbonyl (C=O) groups is 2. The molecule has 5 heteroatoms. The SMILES string of the molecule is CCCOc1cccc(C2/C(=C(/O)c3ccc4c(c3)CCCC4)C(=O)C(=O)N2CCC)c1. The summed E-state index contributed by atoms with van der Waals surface area (Å²) in [6.07, 6.45) is 5.92. The smallest absolute Gasteiger partial charge is 0.295 e. The lowest BCUT2D eigenvalue weighted by Crippen LogP contribution is -2.30. The molecule has 1 fully saturated rings. The van der Waals surface area contributed by atoms with E-state index in [1.54, 1.807) is 4.90 Å². The Labute approximate surface area is 189 Å². The first-order valence-electron chi connectivity index (χ1n) is 11.7. The van der Waals surface area contributed by atoms with Gasteiger partial charge in [-0.3, -0.25) is 9.59 Å². The average molecular weight is 434 g/mol. The molecule has 32 heavy (non-hydrogen) atoms. The van der Waals surface area contributed by atoms with Crippen LogP contribution in [0, 0.1) is 0 Å². The van der Waals surface area contributed by atoms with Gasteiger partial charge in [-0.05, 0) is 73.4 Å². The molecule has 2 aromatic rings. The van der Waals surface area contributed by atoms with Gasteiger partial charge in [-0.2, -0.15) is 0 Å². The van der Waals surface area contributed by atoms with Crippen molar-refractivity contribution in [3.63, 3.8) is 0 Å². The summed E-state index contributed by atoms with van der Waals surface area (Å²) in [6.45, 7) is 5.04. The molecule has 1 heterocycles. The zero-order valence-corrected chi connectivity index (χ0v) is 18.9. The molecule has 1 unspecified atom stereocenters. The number of likely N-dealkylation sites (tertiary alicyclic amines) is 1. The summed E-state index contributed by atoms with van der Waals surface area (Å²) >= 11 is 0. The standard InChI is InChI=1S/C27H31NO4/c1-3-14-28-24(20-10-7-11-22(17-20)32-15-4-2)23(26(30)27(28)31)25(29)21-13-12-18-8-5-6-9-19(18)16-21/h7,10-13,16-17,24,29H,3-6,8-9,14-15H2,1-2H3/b25-23-. The number of rotatable bonds is 7. The van der Waals surface area contributed by atoms with Crippen LogP contribution in [0.25, 0.3) is 5.76 Å². The Morgan fingerprint density at radius 3 is 2.56 bits per heavy atom. The number of nitrogens with zero attached hydrogens (tertiary/aromatic N) is 1. The van der Waals surface area contributed by atoms with Gasteiger partial charge in [0, 0.05) is 12.1 Å². The molecule has 0 bridgehead atoms. The molecular weight excluding hydrogens is 402 g/mol. The van der Waals surface area contributed by atoms with Crippen molar-refractivity contribution >= 4 is 17.4 Å². The van der Waals surface area contributed by atoms with Crippen LogP contribution in [0.1, 0.15) is 67.8 Å². The molecule has 168 valence electrons. The number of hydrogen-bond acceptors (Lipinski definition) is 4. The van der Waals surface area contributed by atoms with Crippen LogP contribution in [0.2, 0.25) is 0 Å². The molecule has 0 radical (unpaired) electrons. The number of aliphatic hydroxyl groups excluding tert-OH is 1. The van der Waals surface area contributed by atoms with Crippen molar-refractivity contribution in [3.05, 3.63) is 70.3 Å². The molecule has 1 N–H and O–H groups in total. The fraction of sp³-hybridized carbons (Fsp3) is 0.407. The fourth-order valence-corrected chi connectivity index (χ4v) is 4.73. The number of benzene rings is 2. The molecule has 1 atom stereocenters. The molecule has 4 rings (SSSR count). The van der Waals surface area contributed by atoms with Crippen molar-refractivity contribution in [2.24, 2.45) is 0 Å². The minimum absolute atomic E-state index is 0.0970. The second kappa shape index (κ2) is 9.60. The van der Waals surface area contributed by atoms with Gasteiger partial charge in [-0.25, -0.2) is 0 Å². The van der Waals surface area contributed by atoms with Crippen LogP contribution >= 0.6 is 0 Å². The van der Waals surface area contributed by atoms with Crippen LogP contribution in [-0.2, 0) is 22.4 Å². The van der Waals surface area contributed by atoms with Crippen LogP contribution in [0.5, 0.6) is 5.75 Å². The van der Waals surface area contributed by atoms with E-state index in [0.717, 1.165) is 31.2 Å². The molecule has 2 aromatic carbocycles. The average Bonchev–Trinajstić information content (AvgIpc) is 3.07. The van der Waals surface area contributed by atoms with E-state index in [1.807, 2.05) is 56.3 Å². The minimum Gasteiger partial charge on any atom is -0.507 e. The predicted octanol–water partition coefficient (Wildman–Crippen LogP) is 5.19. The Morgan fingerprint density at radius 1 is 1.03 bits per heavy atom. The summed E-state index contributed by atoms with van der Waals surface area (Å²) in [5, 5.41) is 11.3. The van der Waals surface area contributed by atoms with Crippen molar-refractivity contribution in [3.8, 4) is 5.75 Å². The zero-order chi connectivity index (χ0) is 22.7. The normalized spacial score (nSPS) is 19.8. The van der Waals surface area contributed by atoms with E-state index in [-0.39, 0.29) is 11.3 Å². The first kappa shape index (κ1) is 22.1. The minimum atomic E-state index is -0.629. The fourth-order valence-electron chi connectivity index (χ4n) is 4.73. The second-order valence-corrected chi connectivity index (χ2v) is 8.60. The largest absolute Gasteiger partial charge is 0.507 e. The van der Waals surface area contributed by atoms with Gasteiger partial charge < -0.3 is 14.7 Å². The van der Waals surface area contributed by atoms with E-state index in [1.165, 1.54) is 17.5 Å². The van der Waals surface area contributed by atoms with Crippen LogP contribution in [0.4, 0.5) is 0 Å². The summed E-state index contributed by atoms with van der Waals surface area (Å²) in [6, 6.07) is 12.8. The highest BCUT2D eigenvalue weighted by Gasteiger charge is 2.45. The topological polar surface area (TPSA) is 66.8 Å². The Hall–Kier alpha value is -3.08. The van der Waals surface area contributed by atoms with Gasteiger partial charge in [-0.15, -0.1) is 0 Å². The van der Waals surface area contributed by atoms with Crippen molar-refractivity contribution in [2.75, 3.05) is 13.2 Å². The van der Waals surface area contributed by atoms with E-state index < -0.39 is 17.7 Å². The lowest BCUT2D eigenvalue weighted by molar-refractivity contribution is -0.139. The Kier molecular flexibility index (Phi) is 6.63. The molecule has 0 saturated carbocycles. The van der Waals surface area contributed by atoms with Gasteiger partial charge in [-0.1, -0.05) is 38.1 Å². The van der Waals surface area contributed by atoms with Gasteiger partial charge in [0.1, 0.15) is 11.5 Å². The molecule has 1 aliphatic heterocycles. The number of ketones is 1. The van der Waals surface area contributed by atoms with Crippen LogP contribution < -0.4 is 4.74 Å². The lowest BCUT2D eigenvalue weighted by Gasteiger charge is -2.25. The quantitative estimate of drug-likeness (QED) is 0.371. The third-order valence-corrected chi connectivity index (χ3v) is 6.27. The highest BCUT2D eigenvalue weighted by atomic mass is 16.5. The summed E-state index contributed by atoms with van der Waals surface area (Å²) in [5.74, 6) is -0.588. The maximum absolute atomic E-state index is 13.1. The Bertz CT molecular complexity index is 1060. The third kappa shape index (κ3) is 4.16. The molecule has 5 nitrogen and oxygen atoms in total. The first-order chi connectivity index (χ1) is 15.5. The van der Waals surface area contributed by atoms with Crippen molar-refractivity contribution in [1.82, 2.24) is 4.90 Å². The second-order valence-electron chi connectivity index (χ2n) is 8.60. The molecule has 1 saturated heterocycles. The van der Waals surface area contributed by atoms with E-state index in [4.69, 9.17) is 4.74 Å². The van der Waals surface area contributed by atoms with Crippen LogP contribution in [0.3, 0.4) is 0 Å². The number of aryl methyl sites for hydroxylation is 2. The van der Waals surface area contributed by atoms with E-state index in [9.17, 15) is 14.7 Å². The van der Waals surface area contributed by atoms with Crippen LogP contribution in [0.15, 0.2) is 48.0 Å². The zero-order valence-electron chi connectivity index (χ0n) is 18.9. The first-order valence-corrected chi connectivity index (χ1v) is 11.7. The number of aliphatic hydroxyl groups is 1. The van der Waals surface area contributed by atoms with E-state index >= 15 is 0 Å². The van der Waals surface area contributed by atoms with Gasteiger partial charge in [0.2, 0.25) is 0 Å². The lowest BCUT2D eigenvalue weighted by atomic mass is 9.88. The molecule has 0 aromatic heterocycles. The Balaban J connectivity index is 1.81. The highest BCUT2D eigenvalue weighted by Crippen LogP contribution is 2.40. The van der Waals surface area contributed by atoms with Crippen molar-refractivity contribution in [2.45, 2.75) is 58.4 Å². The summed E-state index contributed by atoms with van der Waals surface area (Å²) in [5.41, 5.74) is 4.05. The number of hydrogen-bond donors (Lipinski definition) is 1.